The quantitative estimate of drug-likeness (QED) is 0.709. The Kier molecular flexibility index (Phi) is 2.62. The molecule has 0 aromatic heterocycles. The Balaban J connectivity index is 2.29. The van der Waals surface area contributed by atoms with Crippen LogP contribution < -0.4 is 9.47 Å². The largest absolute Gasteiger partial charge is 0.493 e. The third-order valence-corrected chi connectivity index (χ3v) is 2.62. The maximum atomic E-state index is 11.8. The summed E-state index contributed by atoms with van der Waals surface area (Å²) >= 11 is 0. The molecule has 0 radical (unpaired) electrons. The lowest BCUT2D eigenvalue weighted by molar-refractivity contribution is 0.0967. The van der Waals surface area contributed by atoms with Gasteiger partial charge in [-0.05, 0) is 31.0 Å². The lowest BCUT2D eigenvalue weighted by Gasteiger charge is -2.08. The summed E-state index contributed by atoms with van der Waals surface area (Å²) in [7, 11) is 3.16. The molecule has 15 heavy (non-hydrogen) atoms. The zero-order valence-corrected chi connectivity index (χ0v) is 8.95. The number of benzene rings is 1. The van der Waals surface area contributed by atoms with Gasteiger partial charge in [-0.3, -0.25) is 4.79 Å². The van der Waals surface area contributed by atoms with Crippen molar-refractivity contribution in [1.29, 1.82) is 0 Å². The van der Waals surface area contributed by atoms with Crippen molar-refractivity contribution in [3.05, 3.63) is 23.8 Å². The average molecular weight is 206 g/mol. The van der Waals surface area contributed by atoms with E-state index in [2.05, 4.69) is 0 Å². The van der Waals surface area contributed by atoms with Crippen molar-refractivity contribution in [3.8, 4) is 11.5 Å². The van der Waals surface area contributed by atoms with E-state index in [-0.39, 0.29) is 11.7 Å². The standard InChI is InChI=1S/C12H14O3/c1-14-10-6-5-9(7-11(10)15-2)12(13)8-3-4-8/h5-8H,3-4H2,1-2H3. The topological polar surface area (TPSA) is 35.5 Å². The molecule has 1 aromatic carbocycles. The van der Waals surface area contributed by atoms with Crippen molar-refractivity contribution in [3.63, 3.8) is 0 Å². The Morgan fingerprint density at radius 3 is 2.40 bits per heavy atom. The SMILES string of the molecule is COc1ccc(C(=O)C2CC2)cc1OC. The van der Waals surface area contributed by atoms with Crippen LogP contribution in [0.4, 0.5) is 0 Å². The molecule has 3 nitrogen and oxygen atoms in total. The fourth-order valence-electron chi connectivity index (χ4n) is 1.57. The number of Topliss-reactive ketones (excluding diaryl/α,β-unsaturated/α-hetero) is 1. The summed E-state index contributed by atoms with van der Waals surface area (Å²) in [5.41, 5.74) is 0.718. The maximum absolute atomic E-state index is 11.8. The second kappa shape index (κ2) is 3.93. The van der Waals surface area contributed by atoms with Crippen molar-refractivity contribution < 1.29 is 14.3 Å². The molecule has 1 fully saturated rings. The molecule has 0 aliphatic heterocycles. The van der Waals surface area contributed by atoms with Gasteiger partial charge in [-0.25, -0.2) is 0 Å². The molecule has 0 unspecified atom stereocenters. The number of ether oxygens (including phenoxy) is 2. The zero-order valence-electron chi connectivity index (χ0n) is 8.95. The first kappa shape index (κ1) is 10.0. The van der Waals surface area contributed by atoms with Crippen LogP contribution in [0.5, 0.6) is 11.5 Å². The van der Waals surface area contributed by atoms with Crippen LogP contribution in [0.25, 0.3) is 0 Å². The van der Waals surface area contributed by atoms with E-state index in [9.17, 15) is 4.79 Å². The van der Waals surface area contributed by atoms with Gasteiger partial charge in [-0.2, -0.15) is 0 Å². The summed E-state index contributed by atoms with van der Waals surface area (Å²) in [6, 6.07) is 5.32. The predicted octanol–water partition coefficient (Wildman–Crippen LogP) is 2.30. The van der Waals surface area contributed by atoms with E-state index < -0.39 is 0 Å². The molecule has 80 valence electrons. The van der Waals surface area contributed by atoms with Gasteiger partial charge < -0.3 is 9.47 Å². The van der Waals surface area contributed by atoms with E-state index in [1.165, 1.54) is 0 Å². The number of rotatable bonds is 4. The molecule has 3 heteroatoms. The van der Waals surface area contributed by atoms with Gasteiger partial charge in [0, 0.05) is 11.5 Å². The van der Waals surface area contributed by atoms with Crippen LogP contribution in [0.2, 0.25) is 0 Å². The molecule has 0 heterocycles. The third kappa shape index (κ3) is 1.96. The van der Waals surface area contributed by atoms with E-state index >= 15 is 0 Å². The molecule has 0 bridgehead atoms. The summed E-state index contributed by atoms with van der Waals surface area (Å²) in [6.45, 7) is 0. The first-order valence-electron chi connectivity index (χ1n) is 5.02. The summed E-state index contributed by atoms with van der Waals surface area (Å²) in [5, 5.41) is 0. The van der Waals surface area contributed by atoms with Gasteiger partial charge in [0.2, 0.25) is 0 Å². The number of carbonyl (C=O) groups excluding carboxylic acids is 1. The minimum absolute atomic E-state index is 0.218. The maximum Gasteiger partial charge on any atom is 0.166 e. The van der Waals surface area contributed by atoms with Crippen LogP contribution in [-0.4, -0.2) is 20.0 Å². The minimum Gasteiger partial charge on any atom is -0.493 e. The highest BCUT2D eigenvalue weighted by atomic mass is 16.5. The highest BCUT2D eigenvalue weighted by Gasteiger charge is 2.30. The summed E-state index contributed by atoms with van der Waals surface area (Å²) in [4.78, 5) is 11.8. The van der Waals surface area contributed by atoms with E-state index in [0.29, 0.717) is 11.5 Å². The molecule has 0 N–H and O–H groups in total. The summed E-state index contributed by atoms with van der Waals surface area (Å²) < 4.78 is 10.3. The van der Waals surface area contributed by atoms with Gasteiger partial charge in [0.25, 0.3) is 0 Å². The minimum atomic E-state index is 0.218. The number of hydrogen-bond acceptors (Lipinski definition) is 3. The van der Waals surface area contributed by atoms with Crippen molar-refractivity contribution in [1.82, 2.24) is 0 Å². The molecular formula is C12H14O3. The predicted molar refractivity (Wildman–Crippen MR) is 56.6 cm³/mol. The zero-order chi connectivity index (χ0) is 10.8. The van der Waals surface area contributed by atoms with Crippen LogP contribution in [0.3, 0.4) is 0 Å². The molecule has 0 atom stereocenters. The fraction of sp³-hybridized carbons (Fsp3) is 0.417. The second-order valence-corrected chi connectivity index (χ2v) is 3.71. The molecule has 0 spiro atoms. The highest BCUT2D eigenvalue weighted by Crippen LogP contribution is 2.35. The van der Waals surface area contributed by atoms with Gasteiger partial charge in [-0.1, -0.05) is 0 Å². The molecule has 0 amide bonds. The van der Waals surface area contributed by atoms with Gasteiger partial charge in [-0.15, -0.1) is 0 Å². The summed E-state index contributed by atoms with van der Waals surface area (Å²) in [5.74, 6) is 1.73. The van der Waals surface area contributed by atoms with Gasteiger partial charge in [0.15, 0.2) is 17.3 Å². The van der Waals surface area contributed by atoms with Crippen LogP contribution in [0.15, 0.2) is 18.2 Å². The average Bonchev–Trinajstić information content (AvgIpc) is 3.11. The lowest BCUT2D eigenvalue weighted by atomic mass is 10.1. The first-order chi connectivity index (χ1) is 7.26. The number of methoxy groups -OCH3 is 2. The number of ketones is 1. The Morgan fingerprint density at radius 1 is 1.20 bits per heavy atom. The van der Waals surface area contributed by atoms with Crippen molar-refractivity contribution >= 4 is 5.78 Å². The van der Waals surface area contributed by atoms with E-state index in [1.807, 2.05) is 0 Å². The van der Waals surface area contributed by atoms with Crippen LogP contribution in [0, 0.1) is 5.92 Å². The normalized spacial score (nSPS) is 14.8. The van der Waals surface area contributed by atoms with E-state index in [1.54, 1.807) is 32.4 Å². The van der Waals surface area contributed by atoms with Gasteiger partial charge in [0.1, 0.15) is 0 Å². The smallest absolute Gasteiger partial charge is 0.166 e. The lowest BCUT2D eigenvalue weighted by Crippen LogP contribution is -2.02. The molecular weight excluding hydrogens is 192 g/mol. The first-order valence-corrected chi connectivity index (χ1v) is 5.02. The molecule has 1 aliphatic carbocycles. The molecule has 0 saturated heterocycles. The monoisotopic (exact) mass is 206 g/mol. The molecule has 1 aliphatic rings. The van der Waals surface area contributed by atoms with E-state index in [0.717, 1.165) is 18.4 Å². The van der Waals surface area contributed by atoms with Gasteiger partial charge >= 0.3 is 0 Å². The summed E-state index contributed by atoms with van der Waals surface area (Å²) in [6.07, 6.45) is 2.04. The van der Waals surface area contributed by atoms with Crippen LogP contribution in [-0.2, 0) is 0 Å². The van der Waals surface area contributed by atoms with Crippen molar-refractivity contribution in [2.45, 2.75) is 12.8 Å². The Hall–Kier alpha value is -1.51. The molecule has 1 aromatic rings. The Morgan fingerprint density at radius 2 is 1.87 bits per heavy atom. The second-order valence-electron chi connectivity index (χ2n) is 3.71. The highest BCUT2D eigenvalue weighted by molar-refractivity contribution is 5.99. The van der Waals surface area contributed by atoms with Crippen LogP contribution in [0.1, 0.15) is 23.2 Å². The van der Waals surface area contributed by atoms with Gasteiger partial charge in [0.05, 0.1) is 14.2 Å². The molecule has 1 saturated carbocycles. The van der Waals surface area contributed by atoms with E-state index in [4.69, 9.17) is 9.47 Å². The van der Waals surface area contributed by atoms with Crippen molar-refractivity contribution in [2.24, 2.45) is 5.92 Å². The fourth-order valence-corrected chi connectivity index (χ4v) is 1.57. The number of hydrogen-bond donors (Lipinski definition) is 0. The van der Waals surface area contributed by atoms with Crippen LogP contribution >= 0.6 is 0 Å². The molecule has 2 rings (SSSR count). The van der Waals surface area contributed by atoms with Crippen molar-refractivity contribution in [2.75, 3.05) is 14.2 Å². The third-order valence-electron chi connectivity index (χ3n) is 2.62. The Labute approximate surface area is 89.0 Å². The number of carbonyl (C=O) groups is 1. The Bertz CT molecular complexity index is 380.